The number of phenols is 1. The lowest BCUT2D eigenvalue weighted by atomic mass is 9.99. The van der Waals surface area contributed by atoms with Crippen molar-refractivity contribution in [3.05, 3.63) is 36.4 Å². The fourth-order valence-corrected chi connectivity index (χ4v) is 1.71. The Balaban J connectivity index is 2.77. The highest BCUT2D eigenvalue weighted by atomic mass is 16.3. The Bertz CT molecular complexity index is 448. The Morgan fingerprint density at radius 2 is 1.12 bits per heavy atom. The van der Waals surface area contributed by atoms with Crippen molar-refractivity contribution in [1.82, 2.24) is 0 Å². The van der Waals surface area contributed by atoms with Gasteiger partial charge in [0.05, 0.1) is 5.56 Å². The molecule has 0 fully saturated rings. The molecule has 0 aliphatic heterocycles. The first kappa shape index (κ1) is 10.2. The lowest BCUT2D eigenvalue weighted by molar-refractivity contribution is 0.477. The van der Waals surface area contributed by atoms with E-state index in [0.29, 0.717) is 28.2 Å². The first-order valence-electron chi connectivity index (χ1n) is 4.83. The van der Waals surface area contributed by atoms with Gasteiger partial charge in [-0.2, -0.15) is 0 Å². The van der Waals surface area contributed by atoms with E-state index in [4.69, 9.17) is 17.2 Å². The molecule has 0 bridgehead atoms. The second-order valence-electron chi connectivity index (χ2n) is 3.55. The molecule has 0 aliphatic rings. The molecule has 0 unspecified atom stereocenters. The number of hydrogen-bond donors (Lipinski definition) is 4. The van der Waals surface area contributed by atoms with E-state index in [2.05, 4.69) is 0 Å². The Morgan fingerprint density at radius 1 is 0.688 bits per heavy atom. The zero-order chi connectivity index (χ0) is 11.7. The molecule has 2 aromatic carbocycles. The minimum absolute atomic E-state index is 0.0737. The third-order valence-electron chi connectivity index (χ3n) is 2.45. The van der Waals surface area contributed by atoms with Crippen LogP contribution in [0.25, 0.3) is 11.1 Å². The Labute approximate surface area is 93.3 Å². The van der Waals surface area contributed by atoms with Crippen LogP contribution in [0.3, 0.4) is 0 Å². The lowest BCUT2D eigenvalue weighted by Gasteiger charge is -2.13. The summed E-state index contributed by atoms with van der Waals surface area (Å²) in [5, 5.41) is 9.80. The van der Waals surface area contributed by atoms with Gasteiger partial charge in [-0.05, 0) is 24.3 Å². The summed E-state index contributed by atoms with van der Waals surface area (Å²) in [6.07, 6.45) is 0. The van der Waals surface area contributed by atoms with Crippen LogP contribution < -0.4 is 17.2 Å². The van der Waals surface area contributed by atoms with E-state index < -0.39 is 0 Å². The molecule has 4 nitrogen and oxygen atoms in total. The molecule has 0 spiro atoms. The second kappa shape index (κ2) is 3.66. The van der Waals surface area contributed by atoms with E-state index >= 15 is 0 Å². The summed E-state index contributed by atoms with van der Waals surface area (Å²) in [6.45, 7) is 0. The smallest absolute Gasteiger partial charge is 0.125 e. The molecule has 7 N–H and O–H groups in total. The third kappa shape index (κ3) is 1.50. The first-order valence-corrected chi connectivity index (χ1v) is 4.83. The maximum Gasteiger partial charge on any atom is 0.125 e. The van der Waals surface area contributed by atoms with Crippen LogP contribution in [0.15, 0.2) is 36.4 Å². The average molecular weight is 215 g/mol. The SMILES string of the molecule is Nc1cccc(N)c1-c1c(N)cccc1O. The van der Waals surface area contributed by atoms with Gasteiger partial charge in [-0.1, -0.05) is 12.1 Å². The second-order valence-corrected chi connectivity index (χ2v) is 3.55. The van der Waals surface area contributed by atoms with Crippen LogP contribution >= 0.6 is 0 Å². The van der Waals surface area contributed by atoms with Crippen molar-refractivity contribution in [3.63, 3.8) is 0 Å². The quantitative estimate of drug-likeness (QED) is 0.545. The van der Waals surface area contributed by atoms with Crippen LogP contribution in [0, 0.1) is 0 Å². The molecule has 0 saturated heterocycles. The number of rotatable bonds is 1. The summed E-state index contributed by atoms with van der Waals surface area (Å²) < 4.78 is 0. The largest absolute Gasteiger partial charge is 0.507 e. The maximum atomic E-state index is 9.80. The summed E-state index contributed by atoms with van der Waals surface area (Å²) >= 11 is 0. The number of benzene rings is 2. The van der Waals surface area contributed by atoms with Gasteiger partial charge in [0.1, 0.15) is 5.75 Å². The van der Waals surface area contributed by atoms with E-state index in [-0.39, 0.29) is 5.75 Å². The fraction of sp³-hybridized carbons (Fsp3) is 0. The topological polar surface area (TPSA) is 98.3 Å². The molecule has 0 heterocycles. The minimum atomic E-state index is 0.0737. The summed E-state index contributed by atoms with van der Waals surface area (Å²) in [6, 6.07) is 10.1. The number of nitrogen functional groups attached to an aromatic ring is 3. The van der Waals surface area contributed by atoms with Crippen LogP contribution in [0.2, 0.25) is 0 Å². The van der Waals surface area contributed by atoms with Gasteiger partial charge in [-0.15, -0.1) is 0 Å². The Hall–Kier alpha value is -2.36. The molecule has 0 atom stereocenters. The summed E-state index contributed by atoms with van der Waals surface area (Å²) in [5.74, 6) is 0.0737. The van der Waals surface area contributed by atoms with Crippen molar-refractivity contribution in [3.8, 4) is 16.9 Å². The molecule has 0 saturated carbocycles. The molecular weight excluding hydrogens is 202 g/mol. The standard InChI is InChI=1S/C12H13N3O/c13-7-3-1-4-8(14)11(7)12-9(15)5-2-6-10(12)16/h1-6,16H,13-15H2. The van der Waals surface area contributed by atoms with Gasteiger partial charge in [0.25, 0.3) is 0 Å². The number of hydrogen-bond acceptors (Lipinski definition) is 4. The molecule has 4 heteroatoms. The van der Waals surface area contributed by atoms with E-state index in [1.165, 1.54) is 0 Å². The predicted molar refractivity (Wildman–Crippen MR) is 66.8 cm³/mol. The monoisotopic (exact) mass is 215 g/mol. The van der Waals surface area contributed by atoms with Crippen molar-refractivity contribution in [2.45, 2.75) is 0 Å². The highest BCUT2D eigenvalue weighted by Gasteiger charge is 2.13. The minimum Gasteiger partial charge on any atom is -0.507 e. The van der Waals surface area contributed by atoms with Crippen molar-refractivity contribution in [2.24, 2.45) is 0 Å². The predicted octanol–water partition coefficient (Wildman–Crippen LogP) is 1.81. The summed E-state index contributed by atoms with van der Waals surface area (Å²) in [7, 11) is 0. The molecule has 2 rings (SSSR count). The normalized spacial score (nSPS) is 10.2. The number of anilines is 3. The molecule has 0 radical (unpaired) electrons. The van der Waals surface area contributed by atoms with Gasteiger partial charge in [0.2, 0.25) is 0 Å². The molecule has 16 heavy (non-hydrogen) atoms. The van der Waals surface area contributed by atoms with Gasteiger partial charge < -0.3 is 22.3 Å². The van der Waals surface area contributed by atoms with E-state index in [1.54, 1.807) is 36.4 Å². The first-order chi connectivity index (χ1) is 7.61. The van der Waals surface area contributed by atoms with Crippen LogP contribution in [0.5, 0.6) is 5.75 Å². The average Bonchev–Trinajstić information content (AvgIpc) is 2.21. The zero-order valence-electron chi connectivity index (χ0n) is 8.64. The molecule has 0 aromatic heterocycles. The van der Waals surface area contributed by atoms with Crippen molar-refractivity contribution in [2.75, 3.05) is 17.2 Å². The molecular formula is C12H13N3O. The Kier molecular flexibility index (Phi) is 2.32. The van der Waals surface area contributed by atoms with E-state index in [0.717, 1.165) is 0 Å². The molecule has 0 aliphatic carbocycles. The van der Waals surface area contributed by atoms with Gasteiger partial charge >= 0.3 is 0 Å². The molecule has 82 valence electrons. The fourth-order valence-electron chi connectivity index (χ4n) is 1.71. The highest BCUT2D eigenvalue weighted by Crippen LogP contribution is 2.40. The van der Waals surface area contributed by atoms with Crippen molar-refractivity contribution < 1.29 is 5.11 Å². The molecule has 2 aromatic rings. The van der Waals surface area contributed by atoms with E-state index in [9.17, 15) is 5.11 Å². The van der Waals surface area contributed by atoms with Gasteiger partial charge in [0, 0.05) is 22.6 Å². The Morgan fingerprint density at radius 3 is 1.62 bits per heavy atom. The maximum absolute atomic E-state index is 9.80. The van der Waals surface area contributed by atoms with Crippen LogP contribution in [0.4, 0.5) is 17.1 Å². The highest BCUT2D eigenvalue weighted by molar-refractivity contribution is 5.94. The molecule has 0 amide bonds. The zero-order valence-corrected chi connectivity index (χ0v) is 8.64. The summed E-state index contributed by atoms with van der Waals surface area (Å²) in [4.78, 5) is 0. The van der Waals surface area contributed by atoms with Crippen molar-refractivity contribution in [1.29, 1.82) is 0 Å². The van der Waals surface area contributed by atoms with Crippen molar-refractivity contribution >= 4 is 17.1 Å². The lowest BCUT2D eigenvalue weighted by Crippen LogP contribution is -1.99. The van der Waals surface area contributed by atoms with Gasteiger partial charge in [0.15, 0.2) is 0 Å². The number of nitrogens with two attached hydrogens (primary N) is 3. The van der Waals surface area contributed by atoms with Gasteiger partial charge in [-0.25, -0.2) is 0 Å². The summed E-state index contributed by atoms with van der Waals surface area (Å²) in [5.41, 5.74) is 20.0. The van der Waals surface area contributed by atoms with Gasteiger partial charge in [-0.3, -0.25) is 0 Å². The number of phenolic OH excluding ortho intramolecular Hbond substituents is 1. The van der Waals surface area contributed by atoms with E-state index in [1.807, 2.05) is 0 Å². The third-order valence-corrected chi connectivity index (χ3v) is 2.45. The van der Waals surface area contributed by atoms with Crippen LogP contribution in [-0.4, -0.2) is 5.11 Å². The van der Waals surface area contributed by atoms with Crippen LogP contribution in [-0.2, 0) is 0 Å². The number of aromatic hydroxyl groups is 1. The van der Waals surface area contributed by atoms with Crippen LogP contribution in [0.1, 0.15) is 0 Å².